The molecule has 0 fully saturated rings. The van der Waals surface area contributed by atoms with Gasteiger partial charge in [-0.25, -0.2) is 0 Å². The number of alkyl halides is 2. The van der Waals surface area contributed by atoms with Crippen molar-refractivity contribution >= 4 is 37.6 Å². The SMILES string of the molecule is COC1(OCCCCCCCBr)CC=C(OCCCCCCCBr)c2ccccc21. The maximum absolute atomic E-state index is 6.35. The molecule has 0 saturated carbocycles. The van der Waals surface area contributed by atoms with Gasteiger partial charge < -0.3 is 14.2 Å². The smallest absolute Gasteiger partial charge is 0.198 e. The van der Waals surface area contributed by atoms with Crippen LogP contribution in [0.1, 0.15) is 81.8 Å². The minimum Gasteiger partial charge on any atom is -0.493 e. The maximum Gasteiger partial charge on any atom is 0.198 e. The van der Waals surface area contributed by atoms with Crippen molar-refractivity contribution in [2.45, 2.75) is 76.4 Å². The van der Waals surface area contributed by atoms with E-state index in [1.54, 1.807) is 7.11 Å². The molecule has 30 heavy (non-hydrogen) atoms. The Morgan fingerprint density at radius 1 is 0.800 bits per heavy atom. The summed E-state index contributed by atoms with van der Waals surface area (Å²) >= 11 is 6.99. The van der Waals surface area contributed by atoms with Crippen molar-refractivity contribution in [1.82, 2.24) is 0 Å². The summed E-state index contributed by atoms with van der Waals surface area (Å²) in [6, 6.07) is 8.36. The van der Waals surface area contributed by atoms with Crippen LogP contribution in [0.25, 0.3) is 5.76 Å². The fourth-order valence-electron chi connectivity index (χ4n) is 3.88. The summed E-state index contributed by atoms with van der Waals surface area (Å²) in [5.41, 5.74) is 2.18. The van der Waals surface area contributed by atoms with Crippen LogP contribution in [0.4, 0.5) is 0 Å². The first-order valence-corrected chi connectivity index (χ1v) is 13.8. The van der Waals surface area contributed by atoms with Gasteiger partial charge in [0.2, 0.25) is 0 Å². The zero-order valence-corrected chi connectivity index (χ0v) is 21.6. The second-order valence-corrected chi connectivity index (χ2v) is 9.47. The van der Waals surface area contributed by atoms with Crippen molar-refractivity contribution < 1.29 is 14.2 Å². The molecule has 2 rings (SSSR count). The number of fused-ring (bicyclic) bond motifs is 1. The highest BCUT2D eigenvalue weighted by Gasteiger charge is 2.38. The van der Waals surface area contributed by atoms with E-state index in [4.69, 9.17) is 14.2 Å². The lowest BCUT2D eigenvalue weighted by Gasteiger charge is -2.36. The zero-order valence-electron chi connectivity index (χ0n) is 18.5. The molecule has 1 aliphatic rings. The van der Waals surface area contributed by atoms with E-state index in [2.05, 4.69) is 62.2 Å². The molecule has 1 aromatic rings. The molecule has 1 atom stereocenters. The largest absolute Gasteiger partial charge is 0.493 e. The summed E-state index contributed by atoms with van der Waals surface area (Å²) in [4.78, 5) is 0. The quantitative estimate of drug-likeness (QED) is 0.113. The van der Waals surface area contributed by atoms with Gasteiger partial charge in [0.25, 0.3) is 0 Å². The highest BCUT2D eigenvalue weighted by molar-refractivity contribution is 9.09. The van der Waals surface area contributed by atoms with Crippen molar-refractivity contribution in [2.75, 3.05) is 31.0 Å². The average Bonchev–Trinajstić information content (AvgIpc) is 2.78. The number of methoxy groups -OCH3 is 1. The molecule has 5 heteroatoms. The molecule has 0 spiro atoms. The van der Waals surface area contributed by atoms with Crippen LogP contribution in [0.15, 0.2) is 30.3 Å². The van der Waals surface area contributed by atoms with Crippen molar-refractivity contribution in [3.8, 4) is 0 Å². The average molecular weight is 546 g/mol. The van der Waals surface area contributed by atoms with Gasteiger partial charge in [-0.05, 0) is 31.8 Å². The number of benzene rings is 1. The van der Waals surface area contributed by atoms with Crippen LogP contribution < -0.4 is 0 Å². The number of halogens is 2. The molecule has 0 radical (unpaired) electrons. The summed E-state index contributed by atoms with van der Waals surface area (Å²) in [6.07, 6.45) is 15.1. The number of hydrogen-bond acceptors (Lipinski definition) is 3. The molecule has 0 N–H and O–H groups in total. The minimum atomic E-state index is -0.699. The number of rotatable bonds is 17. The molecule has 170 valence electrons. The molecule has 1 aromatic carbocycles. The fraction of sp³-hybridized carbons (Fsp3) is 0.680. The molecule has 0 bridgehead atoms. The number of ether oxygens (including phenoxy) is 3. The summed E-state index contributed by atoms with van der Waals surface area (Å²) in [7, 11) is 1.75. The molecule has 0 heterocycles. The predicted octanol–water partition coefficient (Wildman–Crippen LogP) is 7.95. The summed E-state index contributed by atoms with van der Waals surface area (Å²) < 4.78 is 18.5. The Kier molecular flexibility index (Phi) is 13.3. The molecule has 0 aromatic heterocycles. The third-order valence-corrected chi connectivity index (χ3v) is 6.76. The molecule has 3 nitrogen and oxygen atoms in total. The van der Waals surface area contributed by atoms with E-state index in [1.165, 1.54) is 51.4 Å². The van der Waals surface area contributed by atoms with Crippen LogP contribution in [0.5, 0.6) is 0 Å². The maximum atomic E-state index is 6.35. The van der Waals surface area contributed by atoms with Gasteiger partial charge in [0.05, 0.1) is 13.2 Å². The molecule has 1 aliphatic carbocycles. The van der Waals surface area contributed by atoms with Crippen molar-refractivity contribution in [3.05, 3.63) is 41.5 Å². The Labute approximate surface area is 200 Å². The van der Waals surface area contributed by atoms with Crippen LogP contribution in [0.2, 0.25) is 0 Å². The number of hydrogen-bond donors (Lipinski definition) is 0. The predicted molar refractivity (Wildman–Crippen MR) is 133 cm³/mol. The lowest BCUT2D eigenvalue weighted by Crippen LogP contribution is -2.35. The van der Waals surface area contributed by atoms with E-state index in [-0.39, 0.29) is 0 Å². The van der Waals surface area contributed by atoms with Crippen LogP contribution in [-0.4, -0.2) is 31.0 Å². The Hall–Kier alpha value is -0.360. The second-order valence-electron chi connectivity index (χ2n) is 7.89. The minimum absolute atomic E-state index is 0.685. The lowest BCUT2D eigenvalue weighted by molar-refractivity contribution is -0.231. The van der Waals surface area contributed by atoms with Gasteiger partial charge in [-0.1, -0.05) is 94.7 Å². The first-order valence-electron chi connectivity index (χ1n) is 11.5. The summed E-state index contributed by atoms with van der Waals surface area (Å²) in [5.74, 6) is 0.270. The van der Waals surface area contributed by atoms with Gasteiger partial charge in [-0.3, -0.25) is 0 Å². The van der Waals surface area contributed by atoms with Gasteiger partial charge in [-0.2, -0.15) is 0 Å². The van der Waals surface area contributed by atoms with E-state index in [0.717, 1.165) is 53.6 Å². The van der Waals surface area contributed by atoms with Crippen LogP contribution in [-0.2, 0) is 20.0 Å². The Balaban J connectivity index is 1.87. The van der Waals surface area contributed by atoms with E-state index in [1.807, 2.05) is 0 Å². The van der Waals surface area contributed by atoms with Crippen LogP contribution in [0.3, 0.4) is 0 Å². The zero-order chi connectivity index (χ0) is 21.5. The molecular formula is C25H38Br2O3. The van der Waals surface area contributed by atoms with Crippen molar-refractivity contribution in [3.63, 3.8) is 0 Å². The number of unbranched alkanes of at least 4 members (excludes halogenated alkanes) is 8. The molecule has 0 saturated heterocycles. The Bertz CT molecular complexity index is 620. The monoisotopic (exact) mass is 544 g/mol. The third kappa shape index (κ3) is 8.29. The Morgan fingerprint density at radius 2 is 1.40 bits per heavy atom. The van der Waals surface area contributed by atoms with Crippen LogP contribution >= 0.6 is 31.9 Å². The molecule has 0 amide bonds. The molecular weight excluding hydrogens is 508 g/mol. The summed E-state index contributed by atoms with van der Waals surface area (Å²) in [6.45, 7) is 1.48. The standard InChI is InChI=1S/C25H38Br2O3/c1-28-25(30-21-13-7-3-5-11-19-27)17-16-24(22-14-8-9-15-23(22)25)29-20-12-6-2-4-10-18-26/h8-9,14-16H,2-7,10-13,17-21H2,1H3. The van der Waals surface area contributed by atoms with E-state index < -0.39 is 5.79 Å². The fourth-order valence-corrected chi connectivity index (χ4v) is 4.67. The summed E-state index contributed by atoms with van der Waals surface area (Å²) in [5, 5.41) is 2.20. The highest BCUT2D eigenvalue weighted by Crippen LogP contribution is 2.41. The van der Waals surface area contributed by atoms with Gasteiger partial charge >= 0.3 is 0 Å². The van der Waals surface area contributed by atoms with Crippen molar-refractivity contribution in [2.24, 2.45) is 0 Å². The van der Waals surface area contributed by atoms with E-state index in [0.29, 0.717) is 6.42 Å². The molecule has 0 aliphatic heterocycles. The third-order valence-electron chi connectivity index (χ3n) is 5.64. The van der Waals surface area contributed by atoms with E-state index >= 15 is 0 Å². The normalized spacial score (nSPS) is 18.2. The van der Waals surface area contributed by atoms with Crippen molar-refractivity contribution in [1.29, 1.82) is 0 Å². The van der Waals surface area contributed by atoms with Gasteiger partial charge in [-0.15, -0.1) is 0 Å². The molecule has 1 unspecified atom stereocenters. The first kappa shape index (κ1) is 25.9. The Morgan fingerprint density at radius 3 is 2.07 bits per heavy atom. The lowest BCUT2D eigenvalue weighted by atomic mass is 9.90. The highest BCUT2D eigenvalue weighted by atomic mass is 79.9. The van der Waals surface area contributed by atoms with Gasteiger partial charge in [0.1, 0.15) is 5.76 Å². The van der Waals surface area contributed by atoms with E-state index in [9.17, 15) is 0 Å². The van der Waals surface area contributed by atoms with Gasteiger partial charge in [0, 0.05) is 35.3 Å². The topological polar surface area (TPSA) is 27.7 Å². The van der Waals surface area contributed by atoms with Crippen LogP contribution in [0, 0.1) is 0 Å². The first-order chi connectivity index (χ1) is 14.8. The second kappa shape index (κ2) is 15.4. The van der Waals surface area contributed by atoms with Gasteiger partial charge in [0.15, 0.2) is 5.79 Å².